The lowest BCUT2D eigenvalue weighted by molar-refractivity contribution is -0.146. The van der Waals surface area contributed by atoms with Crippen LogP contribution in [0.1, 0.15) is 30.2 Å². The van der Waals surface area contributed by atoms with Crippen LogP contribution in [0.5, 0.6) is 0 Å². The minimum Gasteiger partial charge on any atom is -0.481 e. The zero-order chi connectivity index (χ0) is 15.4. The maximum absolute atomic E-state index is 12.3. The molecule has 2 atom stereocenters. The fraction of sp³-hybridized carbons (Fsp3) is 0.571. The number of likely N-dealkylation sites (tertiary alicyclic amines) is 1. The van der Waals surface area contributed by atoms with Crippen LogP contribution >= 0.6 is 27.3 Å². The largest absolute Gasteiger partial charge is 0.481 e. The van der Waals surface area contributed by atoms with Crippen LogP contribution in [-0.2, 0) is 14.3 Å². The summed E-state index contributed by atoms with van der Waals surface area (Å²) < 4.78 is 6.01. The third-order valence-corrected chi connectivity index (χ3v) is 5.38. The van der Waals surface area contributed by atoms with Gasteiger partial charge in [-0.2, -0.15) is 0 Å². The van der Waals surface area contributed by atoms with E-state index >= 15 is 0 Å². The summed E-state index contributed by atoms with van der Waals surface area (Å²) in [7, 11) is 1.58. The summed E-state index contributed by atoms with van der Waals surface area (Å²) in [5.41, 5.74) is 0. The van der Waals surface area contributed by atoms with E-state index < -0.39 is 17.9 Å². The first-order valence-corrected chi connectivity index (χ1v) is 8.42. The second-order valence-electron chi connectivity index (χ2n) is 5.00. The molecule has 7 heteroatoms. The maximum Gasteiger partial charge on any atom is 0.308 e. The lowest BCUT2D eigenvalue weighted by Gasteiger charge is -2.32. The number of carboxylic acids is 1. The van der Waals surface area contributed by atoms with Crippen LogP contribution in [0.2, 0.25) is 0 Å². The average Bonchev–Trinajstić information content (AvgIpc) is 2.78. The molecule has 1 aromatic heterocycles. The summed E-state index contributed by atoms with van der Waals surface area (Å²) in [4.78, 5) is 26.6. The van der Waals surface area contributed by atoms with Crippen LogP contribution in [0.25, 0.3) is 0 Å². The third kappa shape index (κ3) is 3.84. The van der Waals surface area contributed by atoms with Crippen LogP contribution in [0.3, 0.4) is 0 Å². The Morgan fingerprint density at radius 2 is 2.33 bits per heavy atom. The molecule has 0 bridgehead atoms. The summed E-state index contributed by atoms with van der Waals surface area (Å²) in [5, 5.41) is 9.55. The number of thiophene rings is 1. The number of halogens is 1. The molecule has 21 heavy (non-hydrogen) atoms. The van der Waals surface area contributed by atoms with E-state index in [1.54, 1.807) is 12.0 Å². The Balaban J connectivity index is 2.38. The molecule has 1 saturated heterocycles. The van der Waals surface area contributed by atoms with Gasteiger partial charge in [0.15, 0.2) is 0 Å². The fourth-order valence-electron chi connectivity index (χ4n) is 2.70. The third-order valence-electron chi connectivity index (χ3n) is 3.68. The van der Waals surface area contributed by atoms with Gasteiger partial charge in [0.25, 0.3) is 0 Å². The van der Waals surface area contributed by atoms with Crippen LogP contribution < -0.4 is 0 Å². The van der Waals surface area contributed by atoms with E-state index in [1.807, 2.05) is 12.1 Å². The molecule has 0 aromatic carbocycles. The van der Waals surface area contributed by atoms with Crippen molar-refractivity contribution in [3.63, 3.8) is 0 Å². The summed E-state index contributed by atoms with van der Waals surface area (Å²) >= 11 is 4.89. The van der Waals surface area contributed by atoms with Gasteiger partial charge in [0, 0.05) is 25.0 Å². The summed E-state index contributed by atoms with van der Waals surface area (Å²) in [6, 6.07) is 3.38. The van der Waals surface area contributed by atoms with Gasteiger partial charge in [0.1, 0.15) is 0 Å². The highest BCUT2D eigenvalue weighted by molar-refractivity contribution is 9.11. The van der Waals surface area contributed by atoms with Crippen molar-refractivity contribution in [2.75, 3.05) is 20.3 Å². The van der Waals surface area contributed by atoms with Crippen molar-refractivity contribution in [1.29, 1.82) is 0 Å². The molecule has 0 saturated carbocycles. The Bertz CT molecular complexity index is 519. The molecule has 1 aliphatic rings. The van der Waals surface area contributed by atoms with Gasteiger partial charge in [0.05, 0.1) is 22.4 Å². The molecule has 2 heterocycles. The van der Waals surface area contributed by atoms with E-state index in [0.717, 1.165) is 8.66 Å². The maximum atomic E-state index is 12.3. The number of carbonyl (C=O) groups excluding carboxylic acids is 1. The van der Waals surface area contributed by atoms with Crippen molar-refractivity contribution in [2.45, 2.75) is 25.3 Å². The van der Waals surface area contributed by atoms with Gasteiger partial charge in [-0.25, -0.2) is 0 Å². The SMILES string of the molecule is COCCN1C(=O)CCCC(C(=O)O)C1c1ccc(Br)s1. The predicted octanol–water partition coefficient (Wildman–Crippen LogP) is 2.91. The van der Waals surface area contributed by atoms with Gasteiger partial charge in [0.2, 0.25) is 5.91 Å². The molecule has 1 fully saturated rings. The number of carbonyl (C=O) groups is 2. The number of amides is 1. The molecule has 0 radical (unpaired) electrons. The van der Waals surface area contributed by atoms with Gasteiger partial charge in [-0.1, -0.05) is 0 Å². The molecule has 1 amide bonds. The summed E-state index contributed by atoms with van der Waals surface area (Å²) in [6.07, 6.45) is 1.53. The van der Waals surface area contributed by atoms with Crippen molar-refractivity contribution in [3.05, 3.63) is 20.8 Å². The highest BCUT2D eigenvalue weighted by atomic mass is 79.9. The Morgan fingerprint density at radius 3 is 2.90 bits per heavy atom. The molecule has 0 spiro atoms. The minimum atomic E-state index is -0.846. The van der Waals surface area contributed by atoms with Gasteiger partial charge in [-0.3, -0.25) is 9.59 Å². The molecule has 5 nitrogen and oxygen atoms in total. The Kier molecular flexibility index (Phi) is 5.78. The van der Waals surface area contributed by atoms with Gasteiger partial charge in [-0.05, 0) is 40.9 Å². The molecule has 1 aliphatic heterocycles. The van der Waals surface area contributed by atoms with E-state index in [1.165, 1.54) is 11.3 Å². The van der Waals surface area contributed by atoms with E-state index in [2.05, 4.69) is 15.9 Å². The van der Waals surface area contributed by atoms with Crippen LogP contribution in [0, 0.1) is 5.92 Å². The number of aliphatic carboxylic acids is 1. The van der Waals surface area contributed by atoms with Gasteiger partial charge < -0.3 is 14.7 Å². The first-order chi connectivity index (χ1) is 10.0. The van der Waals surface area contributed by atoms with Crippen molar-refractivity contribution >= 4 is 39.1 Å². The topological polar surface area (TPSA) is 66.8 Å². The number of methoxy groups -OCH3 is 1. The number of carboxylic acid groups (broad SMARTS) is 1. The van der Waals surface area contributed by atoms with E-state index in [4.69, 9.17) is 4.74 Å². The Labute approximate surface area is 136 Å². The second-order valence-corrected chi connectivity index (χ2v) is 7.50. The number of rotatable bonds is 5. The zero-order valence-corrected chi connectivity index (χ0v) is 14.2. The second kappa shape index (κ2) is 7.38. The molecular formula is C14H18BrNO4S. The number of ether oxygens (including phenoxy) is 1. The van der Waals surface area contributed by atoms with Crippen molar-refractivity contribution in [3.8, 4) is 0 Å². The van der Waals surface area contributed by atoms with Crippen LogP contribution in [0.15, 0.2) is 15.9 Å². The minimum absolute atomic E-state index is 0.00493. The van der Waals surface area contributed by atoms with E-state index in [-0.39, 0.29) is 5.91 Å². The zero-order valence-electron chi connectivity index (χ0n) is 11.8. The molecular weight excluding hydrogens is 358 g/mol. The summed E-state index contributed by atoms with van der Waals surface area (Å²) in [5.74, 6) is -1.41. The molecule has 1 aromatic rings. The first-order valence-electron chi connectivity index (χ1n) is 6.81. The quantitative estimate of drug-likeness (QED) is 0.858. The van der Waals surface area contributed by atoms with Crippen LogP contribution in [0.4, 0.5) is 0 Å². The van der Waals surface area contributed by atoms with Crippen molar-refractivity contribution in [1.82, 2.24) is 4.90 Å². The standard InChI is InChI=1S/C14H18BrNO4S/c1-20-8-7-16-12(17)4-2-3-9(14(18)19)13(16)10-5-6-11(15)21-10/h5-6,9,13H,2-4,7-8H2,1H3,(H,18,19). The molecule has 116 valence electrons. The summed E-state index contributed by atoms with van der Waals surface area (Å²) in [6.45, 7) is 0.820. The predicted molar refractivity (Wildman–Crippen MR) is 83.3 cm³/mol. The highest BCUT2D eigenvalue weighted by Gasteiger charge is 2.39. The van der Waals surface area contributed by atoms with Crippen molar-refractivity contribution < 1.29 is 19.4 Å². The van der Waals surface area contributed by atoms with Gasteiger partial charge >= 0.3 is 5.97 Å². The lowest BCUT2D eigenvalue weighted by atomic mass is 9.93. The highest BCUT2D eigenvalue weighted by Crippen LogP contribution is 2.40. The molecule has 1 N–H and O–H groups in total. The molecule has 0 aliphatic carbocycles. The lowest BCUT2D eigenvalue weighted by Crippen LogP contribution is -2.40. The smallest absolute Gasteiger partial charge is 0.308 e. The number of nitrogens with zero attached hydrogens (tertiary/aromatic N) is 1. The van der Waals surface area contributed by atoms with Gasteiger partial charge in [-0.15, -0.1) is 11.3 Å². The average molecular weight is 376 g/mol. The normalized spacial score (nSPS) is 23.1. The number of hydrogen-bond acceptors (Lipinski definition) is 4. The fourth-order valence-corrected chi connectivity index (χ4v) is 4.30. The number of hydrogen-bond donors (Lipinski definition) is 1. The Morgan fingerprint density at radius 1 is 1.57 bits per heavy atom. The van der Waals surface area contributed by atoms with E-state index in [0.29, 0.717) is 32.4 Å². The van der Waals surface area contributed by atoms with Crippen molar-refractivity contribution in [2.24, 2.45) is 5.92 Å². The first kappa shape index (κ1) is 16.5. The van der Waals surface area contributed by atoms with E-state index in [9.17, 15) is 14.7 Å². The molecule has 2 rings (SSSR count). The molecule has 2 unspecified atom stereocenters. The Hall–Kier alpha value is -0.920. The van der Waals surface area contributed by atoms with Crippen LogP contribution in [-0.4, -0.2) is 42.1 Å². The monoisotopic (exact) mass is 375 g/mol.